The topological polar surface area (TPSA) is 51.0 Å². The minimum Gasteiger partial charge on any atom is -0.339 e. The van der Waals surface area contributed by atoms with Gasteiger partial charge in [0.25, 0.3) is 0 Å². The van der Waals surface area contributed by atoms with E-state index in [2.05, 4.69) is 15.5 Å². The number of likely N-dealkylation sites (N-methyl/N-ethyl adjacent to an activating group) is 1. The first-order valence-corrected chi connectivity index (χ1v) is 4.93. The molecule has 0 aliphatic heterocycles. The minimum atomic E-state index is 0. The Morgan fingerprint density at radius 3 is 2.69 bits per heavy atom. The fourth-order valence-electron chi connectivity index (χ4n) is 1.29. The van der Waals surface area contributed by atoms with E-state index in [0.29, 0.717) is 11.7 Å². The van der Waals surface area contributed by atoms with Crippen LogP contribution in [0.2, 0.25) is 0 Å². The Labute approximate surface area is 100 Å². The van der Waals surface area contributed by atoms with E-state index < -0.39 is 0 Å². The van der Waals surface area contributed by atoms with Crippen LogP contribution >= 0.6 is 12.4 Å². The number of rotatable bonds is 4. The van der Waals surface area contributed by atoms with Gasteiger partial charge in [0.15, 0.2) is 0 Å². The molecule has 1 N–H and O–H groups in total. The minimum absolute atomic E-state index is 0. The normalized spacial score (nSPS) is 9.81. The maximum Gasteiger partial charge on any atom is 0.228 e. The molecule has 1 heterocycles. The monoisotopic (exact) mass is 239 g/mol. The van der Waals surface area contributed by atoms with E-state index in [1.807, 2.05) is 37.4 Å². The zero-order valence-electron chi connectivity index (χ0n) is 9.01. The lowest BCUT2D eigenvalue weighted by Crippen LogP contribution is -2.10. The van der Waals surface area contributed by atoms with Crippen molar-refractivity contribution in [3.63, 3.8) is 0 Å². The second kappa shape index (κ2) is 6.25. The highest BCUT2D eigenvalue weighted by Crippen LogP contribution is 2.14. The lowest BCUT2D eigenvalue weighted by atomic mass is 10.2. The molecule has 5 heteroatoms. The molecule has 0 atom stereocenters. The average molecular weight is 240 g/mol. The van der Waals surface area contributed by atoms with Gasteiger partial charge in [0.1, 0.15) is 0 Å². The highest BCUT2D eigenvalue weighted by Gasteiger charge is 2.06. The molecular formula is C11H14ClN3O. The number of hydrogen-bond acceptors (Lipinski definition) is 4. The zero-order chi connectivity index (χ0) is 10.5. The van der Waals surface area contributed by atoms with E-state index in [0.717, 1.165) is 18.5 Å². The summed E-state index contributed by atoms with van der Waals surface area (Å²) in [6.07, 6.45) is 0.760. The fourth-order valence-corrected chi connectivity index (χ4v) is 1.29. The van der Waals surface area contributed by atoms with Gasteiger partial charge in [0.05, 0.1) is 0 Å². The van der Waals surface area contributed by atoms with E-state index in [1.54, 1.807) is 0 Å². The predicted molar refractivity (Wildman–Crippen MR) is 64.6 cm³/mol. The Balaban J connectivity index is 0.00000128. The van der Waals surface area contributed by atoms with Crippen molar-refractivity contribution in [3.05, 3.63) is 36.2 Å². The molecule has 1 aromatic carbocycles. The van der Waals surface area contributed by atoms with Gasteiger partial charge in [-0.25, -0.2) is 0 Å². The second-order valence-electron chi connectivity index (χ2n) is 3.23. The van der Waals surface area contributed by atoms with Gasteiger partial charge in [-0.05, 0) is 7.05 Å². The molecule has 0 saturated carbocycles. The molecular weight excluding hydrogens is 226 g/mol. The first-order chi connectivity index (χ1) is 7.40. The lowest BCUT2D eigenvalue weighted by molar-refractivity contribution is 0.377. The van der Waals surface area contributed by atoms with E-state index in [9.17, 15) is 0 Å². The number of hydrogen-bond donors (Lipinski definition) is 1. The van der Waals surface area contributed by atoms with E-state index >= 15 is 0 Å². The Kier molecular flexibility index (Phi) is 4.95. The quantitative estimate of drug-likeness (QED) is 0.886. The number of halogens is 1. The molecule has 0 fully saturated rings. The van der Waals surface area contributed by atoms with Crippen LogP contribution in [0.3, 0.4) is 0 Å². The summed E-state index contributed by atoms with van der Waals surface area (Å²) in [5.41, 5.74) is 0.983. The highest BCUT2D eigenvalue weighted by atomic mass is 35.5. The molecule has 16 heavy (non-hydrogen) atoms. The Morgan fingerprint density at radius 1 is 1.25 bits per heavy atom. The molecule has 0 spiro atoms. The smallest absolute Gasteiger partial charge is 0.228 e. The summed E-state index contributed by atoms with van der Waals surface area (Å²) in [6, 6.07) is 9.81. The summed E-state index contributed by atoms with van der Waals surface area (Å²) in [4.78, 5) is 4.30. The van der Waals surface area contributed by atoms with Crippen LogP contribution in [0.1, 0.15) is 5.89 Å². The van der Waals surface area contributed by atoms with Crippen molar-refractivity contribution < 1.29 is 4.52 Å². The van der Waals surface area contributed by atoms with Crippen molar-refractivity contribution in [2.24, 2.45) is 0 Å². The first kappa shape index (κ1) is 12.7. The van der Waals surface area contributed by atoms with Crippen molar-refractivity contribution in [2.45, 2.75) is 6.42 Å². The molecule has 4 nitrogen and oxygen atoms in total. The van der Waals surface area contributed by atoms with Crippen molar-refractivity contribution in [3.8, 4) is 11.4 Å². The van der Waals surface area contributed by atoms with Gasteiger partial charge in [0, 0.05) is 18.5 Å². The number of nitrogens with zero attached hydrogens (tertiary/aromatic N) is 2. The van der Waals surface area contributed by atoms with Crippen molar-refractivity contribution in [1.29, 1.82) is 0 Å². The van der Waals surface area contributed by atoms with Gasteiger partial charge < -0.3 is 9.84 Å². The van der Waals surface area contributed by atoms with E-state index in [1.165, 1.54) is 0 Å². The van der Waals surface area contributed by atoms with Crippen LogP contribution in [0.5, 0.6) is 0 Å². The zero-order valence-corrected chi connectivity index (χ0v) is 9.83. The third kappa shape index (κ3) is 3.05. The first-order valence-electron chi connectivity index (χ1n) is 4.93. The molecule has 2 aromatic rings. The van der Waals surface area contributed by atoms with Gasteiger partial charge in [-0.15, -0.1) is 12.4 Å². The molecule has 2 rings (SSSR count). The number of nitrogens with one attached hydrogen (secondary N) is 1. The number of aromatic nitrogens is 2. The SMILES string of the molecule is CNCCc1nc(-c2ccccc2)no1.Cl. The van der Waals surface area contributed by atoms with Crippen LogP contribution in [0.15, 0.2) is 34.9 Å². The maximum atomic E-state index is 5.12. The Hall–Kier alpha value is -1.39. The van der Waals surface area contributed by atoms with Gasteiger partial charge in [-0.3, -0.25) is 0 Å². The van der Waals surface area contributed by atoms with Crippen LogP contribution in [0.25, 0.3) is 11.4 Å². The second-order valence-corrected chi connectivity index (χ2v) is 3.23. The molecule has 1 aromatic heterocycles. The summed E-state index contributed by atoms with van der Waals surface area (Å²) in [6.45, 7) is 0.844. The highest BCUT2D eigenvalue weighted by molar-refractivity contribution is 5.85. The van der Waals surface area contributed by atoms with Crippen LogP contribution in [-0.4, -0.2) is 23.7 Å². The third-order valence-electron chi connectivity index (χ3n) is 2.09. The summed E-state index contributed by atoms with van der Waals surface area (Å²) < 4.78 is 5.12. The average Bonchev–Trinajstić information content (AvgIpc) is 2.76. The molecule has 0 aliphatic carbocycles. The van der Waals surface area contributed by atoms with Crippen molar-refractivity contribution >= 4 is 12.4 Å². The van der Waals surface area contributed by atoms with Gasteiger partial charge in [-0.1, -0.05) is 35.5 Å². The molecule has 0 aliphatic rings. The number of benzene rings is 1. The standard InChI is InChI=1S/C11H13N3O.ClH/c1-12-8-7-10-13-11(14-15-10)9-5-3-2-4-6-9;/h2-6,12H,7-8H2,1H3;1H. The third-order valence-corrected chi connectivity index (χ3v) is 2.09. The molecule has 0 radical (unpaired) electrons. The van der Waals surface area contributed by atoms with E-state index in [-0.39, 0.29) is 12.4 Å². The summed E-state index contributed by atoms with van der Waals surface area (Å²) in [7, 11) is 1.90. The summed E-state index contributed by atoms with van der Waals surface area (Å²) in [5.74, 6) is 1.32. The van der Waals surface area contributed by atoms with Crippen LogP contribution < -0.4 is 5.32 Å². The van der Waals surface area contributed by atoms with Crippen LogP contribution in [-0.2, 0) is 6.42 Å². The molecule has 0 unspecified atom stereocenters. The molecule has 0 saturated heterocycles. The predicted octanol–water partition coefficient (Wildman–Crippen LogP) is 1.92. The molecule has 0 amide bonds. The van der Waals surface area contributed by atoms with Crippen molar-refractivity contribution in [2.75, 3.05) is 13.6 Å². The van der Waals surface area contributed by atoms with Gasteiger partial charge in [0.2, 0.25) is 11.7 Å². The van der Waals surface area contributed by atoms with Crippen LogP contribution in [0, 0.1) is 0 Å². The largest absolute Gasteiger partial charge is 0.339 e. The van der Waals surface area contributed by atoms with Crippen LogP contribution in [0.4, 0.5) is 0 Å². The summed E-state index contributed by atoms with van der Waals surface area (Å²) >= 11 is 0. The Morgan fingerprint density at radius 2 is 2.00 bits per heavy atom. The maximum absolute atomic E-state index is 5.12. The van der Waals surface area contributed by atoms with Crippen molar-refractivity contribution in [1.82, 2.24) is 15.5 Å². The molecule has 0 bridgehead atoms. The molecule has 86 valence electrons. The van der Waals surface area contributed by atoms with Gasteiger partial charge in [-0.2, -0.15) is 4.98 Å². The van der Waals surface area contributed by atoms with E-state index in [4.69, 9.17) is 4.52 Å². The Bertz CT molecular complexity index is 416. The summed E-state index contributed by atoms with van der Waals surface area (Å²) in [5, 5.41) is 6.96. The van der Waals surface area contributed by atoms with Gasteiger partial charge >= 0.3 is 0 Å². The fraction of sp³-hybridized carbons (Fsp3) is 0.273. The lowest BCUT2D eigenvalue weighted by Gasteiger charge is -1.91.